The summed E-state index contributed by atoms with van der Waals surface area (Å²) in [7, 11) is 0. The predicted molar refractivity (Wildman–Crippen MR) is 79.1 cm³/mol. The third-order valence-corrected chi connectivity index (χ3v) is 2.71. The fraction of sp³-hybridized carbons (Fsp3) is 0.0714. The molecule has 2 N–H and O–H groups in total. The van der Waals surface area contributed by atoms with Crippen molar-refractivity contribution in [1.29, 1.82) is 0 Å². The molecule has 0 atom stereocenters. The lowest BCUT2D eigenvalue weighted by molar-refractivity contribution is 0.0974. The van der Waals surface area contributed by atoms with Gasteiger partial charge >= 0.3 is 0 Å². The van der Waals surface area contributed by atoms with Gasteiger partial charge in [0.1, 0.15) is 11.6 Å². The minimum atomic E-state index is -0.603. The van der Waals surface area contributed by atoms with Crippen molar-refractivity contribution in [2.24, 2.45) is 0 Å². The van der Waals surface area contributed by atoms with Gasteiger partial charge < -0.3 is 5.32 Å². The van der Waals surface area contributed by atoms with Crippen molar-refractivity contribution in [3.8, 4) is 0 Å². The van der Waals surface area contributed by atoms with Crippen molar-refractivity contribution in [1.82, 2.24) is 10.3 Å². The highest BCUT2D eigenvalue weighted by atomic mass is 32.1. The Hall–Kier alpha value is -2.34. The second-order valence-electron chi connectivity index (χ2n) is 4.11. The lowest BCUT2D eigenvalue weighted by atomic mass is 10.2. The molecule has 20 heavy (non-hydrogen) atoms. The van der Waals surface area contributed by atoms with Crippen molar-refractivity contribution in [2.45, 2.75) is 6.92 Å². The van der Waals surface area contributed by atoms with E-state index in [1.165, 1.54) is 18.2 Å². The van der Waals surface area contributed by atoms with Gasteiger partial charge in [-0.05, 0) is 49.0 Å². The summed E-state index contributed by atoms with van der Waals surface area (Å²) in [6.45, 7) is 1.91. The highest BCUT2D eigenvalue weighted by molar-refractivity contribution is 7.80. The number of aryl methyl sites for hydroxylation is 1. The molecule has 1 amide bonds. The first-order chi connectivity index (χ1) is 9.56. The van der Waals surface area contributed by atoms with E-state index >= 15 is 0 Å². The van der Waals surface area contributed by atoms with Crippen LogP contribution in [0.15, 0.2) is 42.6 Å². The van der Waals surface area contributed by atoms with Gasteiger partial charge in [-0.15, -0.1) is 0 Å². The Labute approximate surface area is 121 Å². The van der Waals surface area contributed by atoms with E-state index in [0.717, 1.165) is 5.56 Å². The number of aromatic nitrogens is 1. The van der Waals surface area contributed by atoms with Gasteiger partial charge in [0.15, 0.2) is 5.11 Å². The zero-order valence-electron chi connectivity index (χ0n) is 10.7. The Bertz CT molecular complexity index is 660. The second kappa shape index (κ2) is 6.21. The monoisotopic (exact) mass is 289 g/mol. The zero-order valence-corrected chi connectivity index (χ0v) is 11.5. The number of carbonyl (C=O) groups is 1. The summed E-state index contributed by atoms with van der Waals surface area (Å²) >= 11 is 4.99. The number of anilines is 1. The summed E-state index contributed by atoms with van der Waals surface area (Å²) in [5, 5.41) is 5.24. The number of hydrogen-bond donors (Lipinski definition) is 2. The fourth-order valence-electron chi connectivity index (χ4n) is 1.57. The van der Waals surface area contributed by atoms with Gasteiger partial charge in [-0.25, -0.2) is 9.37 Å². The number of nitrogens with zero attached hydrogens (tertiary/aromatic N) is 1. The predicted octanol–water partition coefficient (Wildman–Crippen LogP) is 2.66. The third kappa shape index (κ3) is 3.58. The van der Waals surface area contributed by atoms with Gasteiger partial charge in [-0.1, -0.05) is 12.1 Å². The van der Waals surface area contributed by atoms with Crippen molar-refractivity contribution in [3.05, 3.63) is 59.5 Å². The number of rotatable bonds is 2. The molecule has 0 saturated carbocycles. The summed E-state index contributed by atoms with van der Waals surface area (Å²) in [5.74, 6) is -0.682. The van der Waals surface area contributed by atoms with Crippen LogP contribution in [0, 0.1) is 12.7 Å². The molecule has 0 aliphatic carbocycles. The fourth-order valence-corrected chi connectivity index (χ4v) is 1.77. The van der Waals surface area contributed by atoms with Crippen LogP contribution in [0.5, 0.6) is 0 Å². The van der Waals surface area contributed by atoms with Crippen LogP contribution in [0.1, 0.15) is 15.9 Å². The van der Waals surface area contributed by atoms with E-state index in [2.05, 4.69) is 15.6 Å². The molecule has 2 aromatic rings. The molecular formula is C14H12FN3OS. The van der Waals surface area contributed by atoms with E-state index in [9.17, 15) is 9.18 Å². The van der Waals surface area contributed by atoms with Gasteiger partial charge in [-0.2, -0.15) is 0 Å². The number of pyridine rings is 1. The van der Waals surface area contributed by atoms with Crippen molar-refractivity contribution < 1.29 is 9.18 Å². The first kappa shape index (κ1) is 14.1. The standard InChI is InChI=1S/C14H12FN3OS/c1-9-6-7-16-12(8-9)17-14(20)18-13(19)10-4-2-3-5-11(10)15/h2-8H,1H3,(H2,16,17,18,19,20). The Kier molecular flexibility index (Phi) is 4.37. The van der Waals surface area contributed by atoms with Crippen LogP contribution in [-0.2, 0) is 0 Å². The first-order valence-corrected chi connectivity index (χ1v) is 6.26. The number of benzene rings is 1. The van der Waals surface area contributed by atoms with Crippen LogP contribution in [0.2, 0.25) is 0 Å². The maximum Gasteiger partial charge on any atom is 0.260 e. The molecule has 1 aromatic carbocycles. The third-order valence-electron chi connectivity index (χ3n) is 2.50. The highest BCUT2D eigenvalue weighted by Gasteiger charge is 2.12. The molecule has 6 heteroatoms. The molecule has 0 radical (unpaired) electrons. The topological polar surface area (TPSA) is 54.0 Å². The second-order valence-corrected chi connectivity index (χ2v) is 4.51. The number of carbonyl (C=O) groups excluding carboxylic acids is 1. The van der Waals surface area contributed by atoms with Crippen LogP contribution < -0.4 is 10.6 Å². The van der Waals surface area contributed by atoms with Crippen molar-refractivity contribution in [2.75, 3.05) is 5.32 Å². The van der Waals surface area contributed by atoms with Gasteiger partial charge in [0, 0.05) is 6.20 Å². The quantitative estimate of drug-likeness (QED) is 0.835. The lowest BCUT2D eigenvalue weighted by Crippen LogP contribution is -2.34. The van der Waals surface area contributed by atoms with Crippen LogP contribution >= 0.6 is 12.2 Å². The van der Waals surface area contributed by atoms with Crippen LogP contribution in [0.4, 0.5) is 10.2 Å². The van der Waals surface area contributed by atoms with Gasteiger partial charge in [-0.3, -0.25) is 10.1 Å². The maximum atomic E-state index is 13.4. The number of nitrogens with one attached hydrogen (secondary N) is 2. The van der Waals surface area contributed by atoms with Crippen molar-refractivity contribution >= 4 is 29.1 Å². The SMILES string of the molecule is Cc1ccnc(NC(=S)NC(=O)c2ccccc2F)c1. The number of halogens is 1. The minimum Gasteiger partial charge on any atom is -0.317 e. The van der Waals surface area contributed by atoms with Crippen LogP contribution in [0.25, 0.3) is 0 Å². The number of amides is 1. The average molecular weight is 289 g/mol. The molecular weight excluding hydrogens is 277 g/mol. The largest absolute Gasteiger partial charge is 0.317 e. The molecule has 0 unspecified atom stereocenters. The smallest absolute Gasteiger partial charge is 0.260 e. The molecule has 1 heterocycles. The molecule has 0 bridgehead atoms. The van der Waals surface area contributed by atoms with Gasteiger partial charge in [0.05, 0.1) is 5.56 Å². The minimum absolute atomic E-state index is 0.0612. The molecule has 4 nitrogen and oxygen atoms in total. The molecule has 1 aromatic heterocycles. The zero-order chi connectivity index (χ0) is 14.5. The van der Waals surface area contributed by atoms with E-state index in [0.29, 0.717) is 5.82 Å². The lowest BCUT2D eigenvalue weighted by Gasteiger charge is -2.09. The van der Waals surface area contributed by atoms with E-state index < -0.39 is 11.7 Å². The van der Waals surface area contributed by atoms with Crippen LogP contribution in [0.3, 0.4) is 0 Å². The van der Waals surface area contributed by atoms with Gasteiger partial charge in [0.2, 0.25) is 0 Å². The van der Waals surface area contributed by atoms with E-state index in [4.69, 9.17) is 12.2 Å². The van der Waals surface area contributed by atoms with Crippen molar-refractivity contribution in [3.63, 3.8) is 0 Å². The average Bonchev–Trinajstić information content (AvgIpc) is 2.38. The summed E-state index contributed by atoms with van der Waals surface area (Å²) in [6.07, 6.45) is 1.62. The normalized spacial score (nSPS) is 9.90. The molecule has 0 aliphatic heterocycles. The summed E-state index contributed by atoms with van der Waals surface area (Å²) in [6, 6.07) is 9.31. The Morgan fingerprint density at radius 3 is 2.75 bits per heavy atom. The summed E-state index contributed by atoms with van der Waals surface area (Å²) in [4.78, 5) is 15.9. The molecule has 0 aliphatic rings. The molecule has 2 rings (SSSR count). The maximum absolute atomic E-state index is 13.4. The molecule has 102 valence electrons. The number of hydrogen-bond acceptors (Lipinski definition) is 3. The van der Waals surface area contributed by atoms with E-state index in [-0.39, 0.29) is 10.7 Å². The van der Waals surface area contributed by atoms with E-state index in [1.54, 1.807) is 18.3 Å². The first-order valence-electron chi connectivity index (χ1n) is 5.86. The molecule has 0 spiro atoms. The molecule has 0 fully saturated rings. The summed E-state index contributed by atoms with van der Waals surface area (Å²) < 4.78 is 13.4. The van der Waals surface area contributed by atoms with Gasteiger partial charge in [0.25, 0.3) is 5.91 Å². The molecule has 0 saturated heterocycles. The Balaban J connectivity index is 2.02. The number of thiocarbonyl (C=S) groups is 1. The van der Waals surface area contributed by atoms with Crippen LogP contribution in [-0.4, -0.2) is 16.0 Å². The Morgan fingerprint density at radius 1 is 1.30 bits per heavy atom. The van der Waals surface area contributed by atoms with E-state index in [1.807, 2.05) is 13.0 Å². The Morgan fingerprint density at radius 2 is 2.05 bits per heavy atom. The summed E-state index contributed by atoms with van der Waals surface area (Å²) in [5.41, 5.74) is 0.944. The highest BCUT2D eigenvalue weighted by Crippen LogP contribution is 2.07.